The van der Waals surface area contributed by atoms with E-state index in [1.165, 1.54) is 7.11 Å². The van der Waals surface area contributed by atoms with Gasteiger partial charge >= 0.3 is 5.97 Å². The summed E-state index contributed by atoms with van der Waals surface area (Å²) in [5.41, 5.74) is 7.84. The molecule has 1 unspecified atom stereocenters. The Morgan fingerprint density at radius 2 is 2.50 bits per heavy atom. The largest absolute Gasteiger partial charge is 0.489 e. The van der Waals surface area contributed by atoms with Crippen molar-refractivity contribution in [3.63, 3.8) is 0 Å². The second-order valence-corrected chi connectivity index (χ2v) is 4.66. The van der Waals surface area contributed by atoms with Crippen molar-refractivity contribution in [3.8, 4) is 5.75 Å². The third kappa shape index (κ3) is 1.72. The van der Waals surface area contributed by atoms with Crippen molar-refractivity contribution in [2.45, 2.75) is 12.5 Å². The first-order valence-electron chi connectivity index (χ1n) is 6.29. The number of allylic oxidation sites excluding steroid dienone is 1. The molecule has 0 amide bonds. The van der Waals surface area contributed by atoms with Gasteiger partial charge in [0.25, 0.3) is 0 Å². The van der Waals surface area contributed by atoms with E-state index in [4.69, 9.17) is 15.2 Å². The van der Waals surface area contributed by atoms with Crippen molar-refractivity contribution in [3.05, 3.63) is 30.4 Å². The summed E-state index contributed by atoms with van der Waals surface area (Å²) in [7, 11) is 1.34. The van der Waals surface area contributed by atoms with E-state index in [1.54, 1.807) is 12.1 Å². The number of benzene rings is 1. The second-order valence-electron chi connectivity index (χ2n) is 4.66. The number of hydrogen-bond acceptors (Lipinski definition) is 5. The number of imidazole rings is 1. The Morgan fingerprint density at radius 1 is 1.70 bits per heavy atom. The summed E-state index contributed by atoms with van der Waals surface area (Å²) in [4.78, 5) is 16.0. The zero-order chi connectivity index (χ0) is 14.3. The topological polar surface area (TPSA) is 79.4 Å². The molecular formula is C14H15N3O3. The summed E-state index contributed by atoms with van der Waals surface area (Å²) in [6.45, 7) is 4.22. The molecule has 0 saturated heterocycles. The molecular weight excluding hydrogens is 258 g/mol. The molecule has 1 aliphatic heterocycles. The molecule has 1 aromatic carbocycles. The first-order chi connectivity index (χ1) is 9.65. The van der Waals surface area contributed by atoms with E-state index in [9.17, 15) is 4.79 Å². The maximum absolute atomic E-state index is 11.6. The van der Waals surface area contributed by atoms with E-state index in [1.807, 2.05) is 10.6 Å². The highest BCUT2D eigenvalue weighted by atomic mass is 16.5. The fourth-order valence-electron chi connectivity index (χ4n) is 2.55. The smallest absolute Gasteiger partial charge is 0.338 e. The van der Waals surface area contributed by atoms with Crippen LogP contribution in [0.2, 0.25) is 0 Å². The Bertz CT molecular complexity index is 705. The van der Waals surface area contributed by atoms with Gasteiger partial charge in [-0.2, -0.15) is 0 Å². The third-order valence-electron chi connectivity index (χ3n) is 3.43. The summed E-state index contributed by atoms with van der Waals surface area (Å²) < 4.78 is 12.4. The number of nitrogen functional groups attached to an aromatic ring is 1. The average Bonchev–Trinajstić information content (AvgIpc) is 2.79. The van der Waals surface area contributed by atoms with Crippen LogP contribution in [0, 0.1) is 0 Å². The molecule has 0 bridgehead atoms. The maximum Gasteiger partial charge on any atom is 0.338 e. The van der Waals surface area contributed by atoms with Crippen LogP contribution in [0.5, 0.6) is 5.75 Å². The number of nitrogens with zero attached hydrogens (tertiary/aromatic N) is 2. The number of anilines is 1. The first-order valence-corrected chi connectivity index (χ1v) is 6.29. The molecule has 6 heteroatoms. The highest BCUT2D eigenvalue weighted by Gasteiger charge is 2.26. The van der Waals surface area contributed by atoms with E-state index in [-0.39, 0.29) is 6.04 Å². The van der Waals surface area contributed by atoms with Gasteiger partial charge in [-0.25, -0.2) is 9.78 Å². The predicted molar refractivity (Wildman–Crippen MR) is 74.8 cm³/mol. The molecule has 1 aliphatic rings. The maximum atomic E-state index is 11.6. The van der Waals surface area contributed by atoms with E-state index >= 15 is 0 Å². The highest BCUT2D eigenvalue weighted by molar-refractivity contribution is 5.97. The number of esters is 1. The lowest BCUT2D eigenvalue weighted by Gasteiger charge is -2.25. The Balaban J connectivity index is 2.22. The number of rotatable bonds is 3. The summed E-state index contributed by atoms with van der Waals surface area (Å²) >= 11 is 0. The quantitative estimate of drug-likeness (QED) is 0.682. The number of carbonyl (C=O) groups excluding carboxylic acids is 1. The Kier molecular flexibility index (Phi) is 2.85. The van der Waals surface area contributed by atoms with Gasteiger partial charge < -0.3 is 19.8 Å². The predicted octanol–water partition coefficient (Wildman–Crippen LogP) is 1.91. The minimum atomic E-state index is -0.423. The number of carbonyl (C=O) groups is 1. The molecule has 0 radical (unpaired) electrons. The van der Waals surface area contributed by atoms with Crippen LogP contribution in [0.4, 0.5) is 5.95 Å². The lowest BCUT2D eigenvalue weighted by molar-refractivity contribution is 0.0600. The molecule has 0 saturated carbocycles. The number of ether oxygens (including phenoxy) is 2. The molecule has 0 spiro atoms. The van der Waals surface area contributed by atoms with Crippen LogP contribution in [-0.2, 0) is 4.74 Å². The first kappa shape index (κ1) is 12.5. The summed E-state index contributed by atoms with van der Waals surface area (Å²) in [6.07, 6.45) is 2.57. The zero-order valence-corrected chi connectivity index (χ0v) is 11.1. The SMILES string of the molecule is C=CCC1COc2cc(C(=O)OC)cc3nc(N)n1c23. The molecule has 104 valence electrons. The summed E-state index contributed by atoms with van der Waals surface area (Å²) in [5.74, 6) is 0.596. The number of hydrogen-bond donors (Lipinski definition) is 1. The zero-order valence-electron chi connectivity index (χ0n) is 11.1. The van der Waals surface area contributed by atoms with Gasteiger partial charge in [-0.15, -0.1) is 6.58 Å². The number of nitrogens with two attached hydrogens (primary N) is 1. The molecule has 1 atom stereocenters. The summed E-state index contributed by atoms with van der Waals surface area (Å²) in [6, 6.07) is 3.40. The fourth-order valence-corrected chi connectivity index (χ4v) is 2.55. The Hall–Kier alpha value is -2.50. The van der Waals surface area contributed by atoms with Gasteiger partial charge in [0.1, 0.15) is 17.9 Å². The summed E-state index contributed by atoms with van der Waals surface area (Å²) in [5, 5.41) is 0. The average molecular weight is 273 g/mol. The van der Waals surface area contributed by atoms with Crippen molar-refractivity contribution in [1.29, 1.82) is 0 Å². The molecule has 2 N–H and O–H groups in total. The highest BCUT2D eigenvalue weighted by Crippen LogP contribution is 2.37. The second kappa shape index (κ2) is 4.56. The molecule has 0 fully saturated rings. The minimum Gasteiger partial charge on any atom is -0.489 e. The van der Waals surface area contributed by atoms with Gasteiger partial charge in [0.05, 0.1) is 24.2 Å². The van der Waals surface area contributed by atoms with Crippen LogP contribution >= 0.6 is 0 Å². The fraction of sp³-hybridized carbons (Fsp3) is 0.286. The van der Waals surface area contributed by atoms with Crippen molar-refractivity contribution < 1.29 is 14.3 Å². The Labute approximate surface area is 115 Å². The van der Waals surface area contributed by atoms with Gasteiger partial charge in [-0.3, -0.25) is 0 Å². The van der Waals surface area contributed by atoms with Crippen molar-refractivity contribution in [2.75, 3.05) is 19.5 Å². The molecule has 20 heavy (non-hydrogen) atoms. The standard InChI is InChI=1S/C14H15N3O3/c1-3-4-9-7-20-11-6-8(13(18)19-2)5-10-12(11)17(9)14(15)16-10/h3,5-6,9H,1,4,7H2,2H3,(H2,15,16). The Morgan fingerprint density at radius 3 is 3.20 bits per heavy atom. The normalized spacial score (nSPS) is 16.8. The third-order valence-corrected chi connectivity index (χ3v) is 3.43. The van der Waals surface area contributed by atoms with Gasteiger partial charge in [0, 0.05) is 0 Å². The molecule has 3 rings (SSSR count). The van der Waals surface area contributed by atoms with Crippen LogP contribution in [0.15, 0.2) is 24.8 Å². The van der Waals surface area contributed by atoms with Gasteiger partial charge in [-0.05, 0) is 18.6 Å². The van der Waals surface area contributed by atoms with Crippen molar-refractivity contribution in [1.82, 2.24) is 9.55 Å². The number of methoxy groups -OCH3 is 1. The van der Waals surface area contributed by atoms with Crippen molar-refractivity contribution in [2.24, 2.45) is 0 Å². The van der Waals surface area contributed by atoms with Gasteiger partial charge in [0.2, 0.25) is 5.95 Å². The van der Waals surface area contributed by atoms with Gasteiger partial charge in [-0.1, -0.05) is 6.08 Å². The number of aromatic nitrogens is 2. The van der Waals surface area contributed by atoms with E-state index in [0.717, 1.165) is 11.9 Å². The lowest BCUT2D eigenvalue weighted by Crippen LogP contribution is -2.23. The molecule has 2 aromatic rings. The lowest BCUT2D eigenvalue weighted by atomic mass is 10.1. The minimum absolute atomic E-state index is 0.0778. The van der Waals surface area contributed by atoms with Crippen LogP contribution in [-0.4, -0.2) is 29.2 Å². The van der Waals surface area contributed by atoms with Crippen LogP contribution in [0.25, 0.3) is 11.0 Å². The monoisotopic (exact) mass is 273 g/mol. The van der Waals surface area contributed by atoms with Crippen LogP contribution in [0.1, 0.15) is 22.8 Å². The van der Waals surface area contributed by atoms with Crippen molar-refractivity contribution >= 4 is 23.0 Å². The molecule has 6 nitrogen and oxygen atoms in total. The molecule has 2 heterocycles. The van der Waals surface area contributed by atoms with E-state index < -0.39 is 5.97 Å². The van der Waals surface area contributed by atoms with Crippen LogP contribution in [0.3, 0.4) is 0 Å². The molecule has 1 aromatic heterocycles. The molecule has 0 aliphatic carbocycles. The van der Waals surface area contributed by atoms with E-state index in [2.05, 4.69) is 11.6 Å². The van der Waals surface area contributed by atoms with Crippen LogP contribution < -0.4 is 10.5 Å². The van der Waals surface area contributed by atoms with E-state index in [0.29, 0.717) is 29.4 Å². The van der Waals surface area contributed by atoms with Gasteiger partial charge in [0.15, 0.2) is 0 Å².